The second kappa shape index (κ2) is 7.42. The molecule has 9 nitrogen and oxygen atoms in total. The Balaban J connectivity index is 1.23. The van der Waals surface area contributed by atoms with Crippen LogP contribution in [-0.2, 0) is 0 Å². The van der Waals surface area contributed by atoms with Crippen LogP contribution in [-0.4, -0.2) is 56.3 Å². The van der Waals surface area contributed by atoms with Gasteiger partial charge in [0.15, 0.2) is 5.65 Å². The molecule has 0 unspecified atom stereocenters. The van der Waals surface area contributed by atoms with Gasteiger partial charge in [0.05, 0.1) is 25.3 Å². The fraction of sp³-hybridized carbons (Fsp3) is 0.250. The van der Waals surface area contributed by atoms with Gasteiger partial charge >= 0.3 is 6.03 Å². The quantitative estimate of drug-likeness (QED) is 0.692. The molecule has 31 heavy (non-hydrogen) atoms. The van der Waals surface area contributed by atoms with E-state index in [9.17, 15) is 18.4 Å². The molecule has 1 saturated heterocycles. The summed E-state index contributed by atoms with van der Waals surface area (Å²) in [5.74, 6) is -1.10. The number of pyridine rings is 1. The van der Waals surface area contributed by atoms with E-state index < -0.39 is 17.7 Å². The molecule has 0 bridgehead atoms. The minimum absolute atomic E-state index is 0.283. The summed E-state index contributed by atoms with van der Waals surface area (Å²) in [6.07, 6.45) is 2.81. The topological polar surface area (TPSA) is 104 Å². The first-order chi connectivity index (χ1) is 15.0. The van der Waals surface area contributed by atoms with Crippen molar-refractivity contribution in [2.75, 3.05) is 13.1 Å². The van der Waals surface area contributed by atoms with Crippen molar-refractivity contribution in [3.05, 3.63) is 64.1 Å². The first-order valence-electron chi connectivity index (χ1n) is 9.55. The molecule has 2 aliphatic heterocycles. The van der Waals surface area contributed by atoms with E-state index in [1.165, 1.54) is 28.2 Å². The van der Waals surface area contributed by atoms with Gasteiger partial charge in [0.2, 0.25) is 5.88 Å². The van der Waals surface area contributed by atoms with Crippen molar-refractivity contribution in [3.63, 3.8) is 0 Å². The number of rotatable bonds is 3. The summed E-state index contributed by atoms with van der Waals surface area (Å²) in [4.78, 5) is 36.5. The van der Waals surface area contributed by atoms with Gasteiger partial charge in [-0.05, 0) is 23.8 Å². The van der Waals surface area contributed by atoms with Crippen LogP contribution in [0.5, 0.6) is 5.88 Å². The third-order valence-electron chi connectivity index (χ3n) is 5.11. The molecule has 1 atom stereocenters. The number of aromatic nitrogens is 3. The van der Waals surface area contributed by atoms with Gasteiger partial charge in [-0.3, -0.25) is 4.79 Å². The summed E-state index contributed by atoms with van der Waals surface area (Å²) in [6.45, 7) is 0.608. The van der Waals surface area contributed by atoms with Crippen molar-refractivity contribution in [3.8, 4) is 5.88 Å². The molecular formula is C20H16F2N6O3. The number of benzene rings is 1. The highest BCUT2D eigenvalue weighted by Crippen LogP contribution is 2.31. The maximum absolute atomic E-state index is 13.6. The third-order valence-corrected chi connectivity index (χ3v) is 5.11. The first kappa shape index (κ1) is 19.1. The van der Waals surface area contributed by atoms with Gasteiger partial charge in [0, 0.05) is 24.8 Å². The van der Waals surface area contributed by atoms with Crippen LogP contribution in [0.15, 0.2) is 46.4 Å². The number of carbonyl (C=O) groups excluding carboxylic acids is 1. The van der Waals surface area contributed by atoms with E-state index in [2.05, 4.69) is 20.1 Å². The maximum atomic E-state index is 13.6. The van der Waals surface area contributed by atoms with Crippen molar-refractivity contribution < 1.29 is 18.3 Å². The van der Waals surface area contributed by atoms with E-state index in [0.717, 1.165) is 6.07 Å². The third kappa shape index (κ3) is 3.69. The Morgan fingerprint density at radius 1 is 1.16 bits per heavy atom. The molecule has 2 aliphatic rings. The Labute approximate surface area is 174 Å². The van der Waals surface area contributed by atoms with Crippen LogP contribution < -0.4 is 10.3 Å². The molecule has 5 rings (SSSR count). The number of H-pyrrole nitrogens is 1. The number of ether oxygens (including phenoxy) is 1. The lowest BCUT2D eigenvalue weighted by Crippen LogP contribution is -2.58. The van der Waals surface area contributed by atoms with E-state index >= 15 is 0 Å². The molecule has 2 amide bonds. The van der Waals surface area contributed by atoms with Crippen LogP contribution in [0.25, 0.3) is 11.2 Å². The molecular weight excluding hydrogens is 410 g/mol. The van der Waals surface area contributed by atoms with Crippen LogP contribution in [0, 0.1) is 11.6 Å². The Kier molecular flexibility index (Phi) is 4.57. The largest absolute Gasteiger partial charge is 0.471 e. The molecule has 0 aliphatic carbocycles. The minimum Gasteiger partial charge on any atom is -0.471 e. The fourth-order valence-corrected chi connectivity index (χ4v) is 3.60. The second-order valence-electron chi connectivity index (χ2n) is 7.29. The van der Waals surface area contributed by atoms with Gasteiger partial charge in [0.25, 0.3) is 5.56 Å². The molecule has 3 aromatic rings. The Morgan fingerprint density at radius 3 is 2.71 bits per heavy atom. The van der Waals surface area contributed by atoms with Gasteiger partial charge in [-0.2, -0.15) is 10.1 Å². The molecule has 4 heterocycles. The molecule has 0 radical (unpaired) electrons. The number of hydrogen-bond acceptors (Lipinski definition) is 6. The molecule has 2 aromatic heterocycles. The summed E-state index contributed by atoms with van der Waals surface area (Å²) in [7, 11) is 0. The Hall–Kier alpha value is -3.89. The molecule has 158 valence electrons. The monoisotopic (exact) mass is 426 g/mol. The summed E-state index contributed by atoms with van der Waals surface area (Å²) in [6, 6.07) is 5.57. The van der Waals surface area contributed by atoms with Gasteiger partial charge in [-0.1, -0.05) is 0 Å². The number of likely N-dealkylation sites (tertiary alicyclic amines) is 1. The van der Waals surface area contributed by atoms with E-state index in [1.807, 2.05) is 0 Å². The molecule has 11 heteroatoms. The van der Waals surface area contributed by atoms with E-state index in [-0.39, 0.29) is 17.7 Å². The standard InChI is InChI=1S/C20H16F2N6O3/c21-12-5-11(6-13(22)7-12)16-3-4-24-28(16)20(30)27-9-14(10-27)31-18-2-1-15-19(26-18)25-17(29)8-23-15/h1-2,4-8,14,16H,3,9-10H2,(H,25,26,29)/t16-/m0/s1. The normalized spacial score (nSPS) is 18.5. The van der Waals surface area contributed by atoms with Gasteiger partial charge in [-0.15, -0.1) is 0 Å². The predicted molar refractivity (Wildman–Crippen MR) is 106 cm³/mol. The zero-order chi connectivity index (χ0) is 21.5. The van der Waals surface area contributed by atoms with Crippen molar-refractivity contribution in [2.45, 2.75) is 18.6 Å². The number of nitrogens with zero attached hydrogens (tertiary/aromatic N) is 5. The second-order valence-corrected chi connectivity index (χ2v) is 7.29. The summed E-state index contributed by atoms with van der Waals surface area (Å²) in [5, 5.41) is 5.32. The summed E-state index contributed by atoms with van der Waals surface area (Å²) < 4.78 is 32.9. The number of halogens is 2. The van der Waals surface area contributed by atoms with E-state index in [1.54, 1.807) is 18.3 Å². The van der Waals surface area contributed by atoms with Gasteiger partial charge in [0.1, 0.15) is 23.3 Å². The summed E-state index contributed by atoms with van der Waals surface area (Å²) in [5.41, 5.74) is 0.828. The highest BCUT2D eigenvalue weighted by molar-refractivity contribution is 5.79. The highest BCUT2D eigenvalue weighted by Gasteiger charge is 2.39. The number of urea groups is 1. The Bertz CT molecular complexity index is 1240. The molecule has 1 aromatic carbocycles. The van der Waals surface area contributed by atoms with Crippen molar-refractivity contribution in [1.29, 1.82) is 0 Å². The molecule has 0 spiro atoms. The van der Waals surface area contributed by atoms with Crippen molar-refractivity contribution in [2.24, 2.45) is 5.10 Å². The minimum atomic E-state index is -0.703. The van der Waals surface area contributed by atoms with Crippen molar-refractivity contribution >= 4 is 23.4 Å². The van der Waals surface area contributed by atoms with Crippen molar-refractivity contribution in [1.82, 2.24) is 24.9 Å². The number of hydrazone groups is 1. The number of nitrogens with one attached hydrogen (secondary N) is 1. The smallest absolute Gasteiger partial charge is 0.341 e. The lowest BCUT2D eigenvalue weighted by atomic mass is 10.0. The summed E-state index contributed by atoms with van der Waals surface area (Å²) >= 11 is 0. The first-order valence-corrected chi connectivity index (χ1v) is 9.55. The van der Waals surface area contributed by atoms with E-state index in [0.29, 0.717) is 42.1 Å². The van der Waals surface area contributed by atoms with Gasteiger partial charge < -0.3 is 14.6 Å². The number of aromatic amines is 1. The zero-order valence-corrected chi connectivity index (χ0v) is 16.0. The number of fused-ring (bicyclic) bond motifs is 1. The van der Waals surface area contributed by atoms with E-state index in [4.69, 9.17) is 4.74 Å². The molecule has 1 fully saturated rings. The molecule has 1 N–H and O–H groups in total. The van der Waals surface area contributed by atoms with Crippen LogP contribution in [0.2, 0.25) is 0 Å². The van der Waals surface area contributed by atoms with Crippen LogP contribution in [0.1, 0.15) is 18.0 Å². The number of carbonyl (C=O) groups is 1. The van der Waals surface area contributed by atoms with Crippen LogP contribution >= 0.6 is 0 Å². The predicted octanol–water partition coefficient (Wildman–Crippen LogP) is 2.21. The van der Waals surface area contributed by atoms with Gasteiger partial charge in [-0.25, -0.2) is 23.6 Å². The number of amides is 2. The average Bonchev–Trinajstić information content (AvgIpc) is 3.19. The lowest BCUT2D eigenvalue weighted by Gasteiger charge is -2.40. The average molecular weight is 426 g/mol. The highest BCUT2D eigenvalue weighted by atomic mass is 19.1. The van der Waals surface area contributed by atoms with Crippen LogP contribution in [0.3, 0.4) is 0 Å². The molecule has 0 saturated carbocycles. The SMILES string of the molecule is O=C(N1CC(Oc2ccc3ncc(=O)[nH]c3n2)C1)N1N=CC[C@H]1c1cc(F)cc(F)c1. The zero-order valence-electron chi connectivity index (χ0n) is 16.0. The fourth-order valence-electron chi connectivity index (χ4n) is 3.60. The Morgan fingerprint density at radius 2 is 1.94 bits per heavy atom. The number of hydrogen-bond donors (Lipinski definition) is 1. The van der Waals surface area contributed by atoms with Crippen LogP contribution in [0.4, 0.5) is 13.6 Å². The lowest BCUT2D eigenvalue weighted by molar-refractivity contribution is 0.0254. The maximum Gasteiger partial charge on any atom is 0.341 e.